The molecule has 3 nitrogen and oxygen atoms in total. The third kappa shape index (κ3) is 2.50. The molecule has 1 heterocycles. The van der Waals surface area contributed by atoms with E-state index in [0.29, 0.717) is 0 Å². The average Bonchev–Trinajstić information content (AvgIpc) is 2.84. The molecule has 0 saturated carbocycles. The van der Waals surface area contributed by atoms with Crippen molar-refractivity contribution >= 4 is 44.6 Å². The van der Waals surface area contributed by atoms with Crippen molar-refractivity contribution in [1.29, 1.82) is 0 Å². The Hall–Kier alpha value is -1.98. The first-order chi connectivity index (χ1) is 9.63. The third-order valence-electron chi connectivity index (χ3n) is 3.04. The minimum Gasteiger partial charge on any atom is -0.376 e. The van der Waals surface area contributed by atoms with Crippen molar-refractivity contribution in [3.63, 3.8) is 0 Å². The minimum absolute atomic E-state index is 0.273. The van der Waals surface area contributed by atoms with Gasteiger partial charge in [-0.05, 0) is 42.9 Å². The highest BCUT2D eigenvalue weighted by Crippen LogP contribution is 2.32. The molecular weight excluding hydrogens is 286 g/mol. The molecule has 100 valence electrons. The number of fused-ring (bicyclic) bond motifs is 1. The molecule has 0 spiro atoms. The molecule has 3 N–H and O–H groups in total. The van der Waals surface area contributed by atoms with Crippen LogP contribution in [0, 0.1) is 6.92 Å². The lowest BCUT2D eigenvalue weighted by atomic mass is 10.1. The third-order valence-corrected chi connectivity index (χ3v) is 4.22. The lowest BCUT2D eigenvalue weighted by Gasteiger charge is -2.08. The van der Waals surface area contributed by atoms with Crippen LogP contribution < -0.4 is 11.1 Å². The second-order valence-electron chi connectivity index (χ2n) is 4.51. The highest BCUT2D eigenvalue weighted by atomic mass is 32.1. The maximum Gasteiger partial charge on any atom is 0.168 e. The largest absolute Gasteiger partial charge is 0.376 e. The Morgan fingerprint density at radius 2 is 2.05 bits per heavy atom. The molecule has 5 heteroatoms. The van der Waals surface area contributed by atoms with Gasteiger partial charge in [-0.25, -0.2) is 4.98 Å². The van der Waals surface area contributed by atoms with Crippen molar-refractivity contribution in [1.82, 2.24) is 4.98 Å². The van der Waals surface area contributed by atoms with Gasteiger partial charge in [0, 0.05) is 11.3 Å². The second-order valence-corrected chi connectivity index (χ2v) is 5.98. The fourth-order valence-corrected chi connectivity index (χ4v) is 3.09. The number of thiocarbonyl (C=S) groups is 1. The van der Waals surface area contributed by atoms with Gasteiger partial charge < -0.3 is 11.1 Å². The monoisotopic (exact) mass is 299 g/mol. The quantitative estimate of drug-likeness (QED) is 0.704. The van der Waals surface area contributed by atoms with Crippen molar-refractivity contribution in [3.8, 4) is 10.6 Å². The lowest BCUT2D eigenvalue weighted by Crippen LogP contribution is -2.19. The number of aromatic nitrogens is 1. The molecular formula is C15H13N3S2. The first-order valence-electron chi connectivity index (χ1n) is 6.16. The molecule has 0 amide bonds. The molecule has 0 radical (unpaired) electrons. The standard InChI is InChI=1S/C15H13N3S2/c1-9-6-7-10(8-12(9)18-15(16)19)14-17-11-4-2-3-5-13(11)20-14/h2-8H,1H3,(H3,16,18,19). The molecule has 0 fully saturated rings. The number of hydrogen-bond acceptors (Lipinski definition) is 3. The zero-order valence-electron chi connectivity index (χ0n) is 10.9. The van der Waals surface area contributed by atoms with Crippen molar-refractivity contribution in [2.24, 2.45) is 5.73 Å². The van der Waals surface area contributed by atoms with Gasteiger partial charge in [-0.2, -0.15) is 0 Å². The Morgan fingerprint density at radius 3 is 2.80 bits per heavy atom. The summed E-state index contributed by atoms with van der Waals surface area (Å²) in [6, 6.07) is 14.3. The van der Waals surface area contributed by atoms with E-state index in [2.05, 4.69) is 22.4 Å². The summed E-state index contributed by atoms with van der Waals surface area (Å²) < 4.78 is 1.19. The number of nitrogens with zero attached hydrogens (tertiary/aromatic N) is 1. The molecule has 20 heavy (non-hydrogen) atoms. The van der Waals surface area contributed by atoms with E-state index < -0.39 is 0 Å². The van der Waals surface area contributed by atoms with E-state index in [4.69, 9.17) is 18.0 Å². The summed E-state index contributed by atoms with van der Waals surface area (Å²) in [5.74, 6) is 0. The van der Waals surface area contributed by atoms with E-state index in [-0.39, 0.29) is 5.11 Å². The number of rotatable bonds is 2. The summed E-state index contributed by atoms with van der Waals surface area (Å²) in [5, 5.41) is 4.27. The smallest absolute Gasteiger partial charge is 0.168 e. The number of nitrogens with two attached hydrogens (primary N) is 1. The topological polar surface area (TPSA) is 50.9 Å². The highest BCUT2D eigenvalue weighted by Gasteiger charge is 2.08. The van der Waals surface area contributed by atoms with E-state index in [1.807, 2.05) is 37.3 Å². The molecule has 0 atom stereocenters. The summed E-state index contributed by atoms with van der Waals surface area (Å²) in [6.45, 7) is 2.02. The predicted octanol–water partition coefficient (Wildman–Crippen LogP) is 3.93. The minimum atomic E-state index is 0.273. The van der Waals surface area contributed by atoms with Gasteiger partial charge in [0.1, 0.15) is 5.01 Å². The molecule has 0 aliphatic heterocycles. The van der Waals surface area contributed by atoms with E-state index in [0.717, 1.165) is 27.3 Å². The van der Waals surface area contributed by atoms with Crippen LogP contribution in [-0.4, -0.2) is 10.1 Å². The molecule has 0 aliphatic carbocycles. The normalized spacial score (nSPS) is 10.7. The zero-order valence-corrected chi connectivity index (χ0v) is 12.5. The zero-order chi connectivity index (χ0) is 14.1. The Bertz CT molecular complexity index is 760. The fraction of sp³-hybridized carbons (Fsp3) is 0.0667. The fourth-order valence-electron chi connectivity index (χ4n) is 2.02. The summed E-state index contributed by atoms with van der Waals surface area (Å²) >= 11 is 6.58. The van der Waals surface area contributed by atoms with Gasteiger partial charge in [0.2, 0.25) is 0 Å². The van der Waals surface area contributed by atoms with E-state index in [1.165, 1.54) is 4.70 Å². The number of anilines is 1. The second kappa shape index (κ2) is 5.19. The number of aryl methyl sites for hydroxylation is 1. The van der Waals surface area contributed by atoms with Crippen molar-refractivity contribution in [2.75, 3.05) is 5.32 Å². The van der Waals surface area contributed by atoms with E-state index in [1.54, 1.807) is 11.3 Å². The molecule has 0 aliphatic rings. The van der Waals surface area contributed by atoms with Crippen LogP contribution in [0.25, 0.3) is 20.8 Å². The number of benzene rings is 2. The maximum atomic E-state index is 5.55. The maximum absolute atomic E-state index is 5.55. The van der Waals surface area contributed by atoms with E-state index in [9.17, 15) is 0 Å². The number of nitrogens with one attached hydrogen (secondary N) is 1. The van der Waals surface area contributed by atoms with Crippen molar-refractivity contribution in [2.45, 2.75) is 6.92 Å². The molecule has 3 rings (SSSR count). The van der Waals surface area contributed by atoms with Crippen molar-refractivity contribution in [3.05, 3.63) is 48.0 Å². The van der Waals surface area contributed by atoms with Crippen LogP contribution in [0.4, 0.5) is 5.69 Å². The molecule has 3 aromatic rings. The Morgan fingerprint density at radius 1 is 1.25 bits per heavy atom. The molecule has 0 bridgehead atoms. The van der Waals surface area contributed by atoms with Crippen LogP contribution in [0.5, 0.6) is 0 Å². The molecule has 0 saturated heterocycles. The number of para-hydroxylation sites is 1. The van der Waals surface area contributed by atoms with Crippen LogP contribution in [-0.2, 0) is 0 Å². The molecule has 2 aromatic carbocycles. The van der Waals surface area contributed by atoms with Crippen LogP contribution in [0.1, 0.15) is 5.56 Å². The summed E-state index contributed by atoms with van der Waals surface area (Å²) in [6.07, 6.45) is 0. The van der Waals surface area contributed by atoms with Crippen LogP contribution in [0.2, 0.25) is 0 Å². The van der Waals surface area contributed by atoms with E-state index >= 15 is 0 Å². The summed E-state index contributed by atoms with van der Waals surface area (Å²) in [7, 11) is 0. The first kappa shape index (κ1) is 13.0. The number of thiazole rings is 1. The van der Waals surface area contributed by atoms with Gasteiger partial charge in [-0.3, -0.25) is 0 Å². The summed E-state index contributed by atoms with van der Waals surface area (Å²) in [5.41, 5.74) is 9.67. The SMILES string of the molecule is Cc1ccc(-c2nc3ccccc3s2)cc1NC(N)=S. The van der Waals surface area contributed by atoms with Gasteiger partial charge in [-0.1, -0.05) is 24.3 Å². The van der Waals surface area contributed by atoms with Gasteiger partial charge in [0.25, 0.3) is 0 Å². The van der Waals surface area contributed by atoms with Crippen molar-refractivity contribution < 1.29 is 0 Å². The molecule has 0 unspecified atom stereocenters. The average molecular weight is 299 g/mol. The van der Waals surface area contributed by atoms with Gasteiger partial charge in [0.15, 0.2) is 5.11 Å². The predicted molar refractivity (Wildman–Crippen MR) is 90.2 cm³/mol. The Balaban J connectivity index is 2.07. The Kier molecular flexibility index (Phi) is 3.38. The Labute approximate surface area is 126 Å². The van der Waals surface area contributed by atoms with Gasteiger partial charge in [-0.15, -0.1) is 11.3 Å². The first-order valence-corrected chi connectivity index (χ1v) is 7.39. The van der Waals surface area contributed by atoms with Crippen LogP contribution >= 0.6 is 23.6 Å². The lowest BCUT2D eigenvalue weighted by molar-refractivity contribution is 1.42. The molecule has 1 aromatic heterocycles. The highest BCUT2D eigenvalue weighted by molar-refractivity contribution is 7.80. The van der Waals surface area contributed by atoms with Gasteiger partial charge in [0.05, 0.1) is 10.2 Å². The van der Waals surface area contributed by atoms with Crippen LogP contribution in [0.3, 0.4) is 0 Å². The van der Waals surface area contributed by atoms with Crippen LogP contribution in [0.15, 0.2) is 42.5 Å². The summed E-state index contributed by atoms with van der Waals surface area (Å²) in [4.78, 5) is 4.66. The van der Waals surface area contributed by atoms with Gasteiger partial charge >= 0.3 is 0 Å². The number of hydrogen-bond donors (Lipinski definition) is 2.